The summed E-state index contributed by atoms with van der Waals surface area (Å²) in [5.41, 5.74) is 6.53. The maximum absolute atomic E-state index is 12.5. The number of aryl methyl sites for hydroxylation is 1. The Hall–Kier alpha value is -2.39. The molecule has 3 rings (SSSR count). The van der Waals surface area contributed by atoms with Gasteiger partial charge >= 0.3 is 5.76 Å². The molecule has 1 aromatic heterocycles. The number of nitro benzene ring substituents is 1. The Balaban J connectivity index is 0.00000280. The summed E-state index contributed by atoms with van der Waals surface area (Å²) in [6.07, 6.45) is 1.58. The van der Waals surface area contributed by atoms with Crippen molar-refractivity contribution in [3.63, 3.8) is 0 Å². The molecule has 0 aliphatic carbocycles. The largest absolute Gasteiger partial charge is 0.419 e. The standard InChI is InChI=1S/C18H24N4O5.ClH/c1-18(2)11-20(9-7-15(18)19)16(23)4-3-8-21-13-6-5-12(22(25)26)10-14(13)27-17(21)24;/h5-6,10,15H,3-4,7-9,11,19H2,1-2H3;1H. The smallest absolute Gasteiger partial charge is 0.407 e. The third kappa shape index (κ3) is 4.36. The second kappa shape index (κ2) is 8.32. The highest BCUT2D eigenvalue weighted by Gasteiger charge is 2.35. The van der Waals surface area contributed by atoms with Crippen LogP contribution in [0.15, 0.2) is 27.4 Å². The van der Waals surface area contributed by atoms with Crippen LogP contribution in [0.4, 0.5) is 5.69 Å². The third-order valence-electron chi connectivity index (χ3n) is 5.30. The van der Waals surface area contributed by atoms with Crippen LogP contribution in [-0.2, 0) is 11.3 Å². The normalized spacial score (nSPS) is 18.7. The van der Waals surface area contributed by atoms with Gasteiger partial charge in [-0.25, -0.2) is 4.79 Å². The van der Waals surface area contributed by atoms with Crippen LogP contribution in [0.3, 0.4) is 0 Å². The first-order chi connectivity index (χ1) is 12.7. The van der Waals surface area contributed by atoms with E-state index in [0.717, 1.165) is 6.42 Å². The minimum Gasteiger partial charge on any atom is -0.407 e. The van der Waals surface area contributed by atoms with E-state index in [2.05, 4.69) is 13.8 Å². The molecule has 2 N–H and O–H groups in total. The molecule has 9 nitrogen and oxygen atoms in total. The molecule has 1 unspecified atom stereocenters. The molecule has 0 bridgehead atoms. The van der Waals surface area contributed by atoms with E-state index in [-0.39, 0.29) is 41.0 Å². The van der Waals surface area contributed by atoms with E-state index < -0.39 is 10.7 Å². The van der Waals surface area contributed by atoms with Crippen molar-refractivity contribution in [3.8, 4) is 0 Å². The molecule has 1 fully saturated rings. The molecule has 0 saturated carbocycles. The van der Waals surface area contributed by atoms with E-state index in [9.17, 15) is 19.7 Å². The summed E-state index contributed by atoms with van der Waals surface area (Å²) in [6.45, 7) is 5.72. The Kier molecular flexibility index (Phi) is 6.51. The van der Waals surface area contributed by atoms with Crippen molar-refractivity contribution in [1.29, 1.82) is 0 Å². The van der Waals surface area contributed by atoms with E-state index in [1.807, 2.05) is 4.90 Å². The average molecular weight is 413 g/mol. The van der Waals surface area contributed by atoms with Gasteiger partial charge in [0, 0.05) is 38.2 Å². The molecule has 28 heavy (non-hydrogen) atoms. The number of piperidine rings is 1. The molecule has 2 aromatic rings. The number of likely N-dealkylation sites (tertiary alicyclic amines) is 1. The van der Waals surface area contributed by atoms with Gasteiger partial charge in [-0.1, -0.05) is 13.8 Å². The third-order valence-corrected chi connectivity index (χ3v) is 5.30. The van der Waals surface area contributed by atoms with Gasteiger partial charge in [-0.3, -0.25) is 19.5 Å². The molecule has 1 aliphatic heterocycles. The lowest BCUT2D eigenvalue weighted by Crippen LogP contribution is -2.53. The molecule has 1 aliphatic rings. The lowest BCUT2D eigenvalue weighted by Gasteiger charge is -2.42. The molecular formula is C18H25ClN4O5. The summed E-state index contributed by atoms with van der Waals surface area (Å²) in [4.78, 5) is 36.6. The minimum atomic E-state index is -0.581. The first-order valence-corrected chi connectivity index (χ1v) is 9.00. The fraction of sp³-hybridized carbons (Fsp3) is 0.556. The number of hydrogen-bond donors (Lipinski definition) is 1. The molecule has 0 radical (unpaired) electrons. The summed E-state index contributed by atoms with van der Waals surface area (Å²) >= 11 is 0. The fourth-order valence-electron chi connectivity index (χ4n) is 3.51. The minimum absolute atomic E-state index is 0. The van der Waals surface area contributed by atoms with E-state index in [4.69, 9.17) is 10.2 Å². The Morgan fingerprint density at radius 1 is 1.43 bits per heavy atom. The molecule has 154 valence electrons. The Labute approximate surface area is 168 Å². The number of hydrogen-bond acceptors (Lipinski definition) is 6. The maximum atomic E-state index is 12.5. The van der Waals surface area contributed by atoms with Gasteiger partial charge in [0.1, 0.15) is 0 Å². The van der Waals surface area contributed by atoms with E-state index >= 15 is 0 Å². The predicted octanol–water partition coefficient (Wildman–Crippen LogP) is 2.29. The van der Waals surface area contributed by atoms with Gasteiger partial charge in [0.05, 0.1) is 16.5 Å². The number of nitrogens with zero attached hydrogens (tertiary/aromatic N) is 3. The molecule has 1 aromatic carbocycles. The van der Waals surface area contributed by atoms with Gasteiger partial charge < -0.3 is 15.1 Å². The number of nitro groups is 1. The Morgan fingerprint density at radius 3 is 2.79 bits per heavy atom. The topological polar surface area (TPSA) is 125 Å². The Bertz CT molecular complexity index is 936. The van der Waals surface area contributed by atoms with Crippen LogP contribution in [0.5, 0.6) is 0 Å². The number of carbonyl (C=O) groups is 1. The van der Waals surface area contributed by atoms with Crippen LogP contribution >= 0.6 is 12.4 Å². The van der Waals surface area contributed by atoms with Crippen LogP contribution < -0.4 is 11.5 Å². The molecule has 1 atom stereocenters. The number of carbonyl (C=O) groups excluding carboxylic acids is 1. The highest BCUT2D eigenvalue weighted by molar-refractivity contribution is 5.85. The van der Waals surface area contributed by atoms with Crippen molar-refractivity contribution >= 4 is 35.1 Å². The van der Waals surface area contributed by atoms with Crippen LogP contribution in [-0.4, -0.2) is 39.4 Å². The zero-order chi connectivity index (χ0) is 19.8. The SMILES string of the molecule is CC1(C)CN(C(=O)CCCn2c(=O)oc3cc([N+](=O)[O-])ccc32)CCC1N.Cl. The summed E-state index contributed by atoms with van der Waals surface area (Å²) < 4.78 is 6.50. The molecule has 10 heteroatoms. The van der Waals surface area contributed by atoms with Gasteiger partial charge in [-0.2, -0.15) is 0 Å². The van der Waals surface area contributed by atoms with Crippen molar-refractivity contribution in [2.75, 3.05) is 13.1 Å². The van der Waals surface area contributed by atoms with Gasteiger partial charge in [0.15, 0.2) is 5.58 Å². The van der Waals surface area contributed by atoms with Crippen molar-refractivity contribution in [2.24, 2.45) is 11.1 Å². The number of rotatable bonds is 5. The quantitative estimate of drug-likeness (QED) is 0.593. The molecular weight excluding hydrogens is 388 g/mol. The highest BCUT2D eigenvalue weighted by Crippen LogP contribution is 2.28. The number of halogens is 1. The lowest BCUT2D eigenvalue weighted by atomic mass is 9.79. The fourth-order valence-corrected chi connectivity index (χ4v) is 3.51. The first-order valence-electron chi connectivity index (χ1n) is 9.00. The second-order valence-electron chi connectivity index (χ2n) is 7.73. The predicted molar refractivity (Wildman–Crippen MR) is 107 cm³/mol. The number of aromatic nitrogens is 1. The molecule has 2 heterocycles. The van der Waals surface area contributed by atoms with Crippen molar-refractivity contribution < 1.29 is 14.1 Å². The number of nitrogens with two attached hydrogens (primary N) is 1. The number of non-ortho nitro benzene ring substituents is 1. The van der Waals surface area contributed by atoms with Crippen LogP contribution in [0, 0.1) is 15.5 Å². The van der Waals surface area contributed by atoms with Gasteiger partial charge in [-0.15, -0.1) is 12.4 Å². The summed E-state index contributed by atoms with van der Waals surface area (Å²) in [5.74, 6) is -0.533. The van der Waals surface area contributed by atoms with Gasteiger partial charge in [0.25, 0.3) is 5.69 Å². The van der Waals surface area contributed by atoms with Crippen LogP contribution in [0.25, 0.3) is 11.1 Å². The summed E-state index contributed by atoms with van der Waals surface area (Å²) in [6, 6.07) is 4.14. The number of oxazole rings is 1. The van der Waals surface area contributed by atoms with E-state index in [0.29, 0.717) is 38.0 Å². The summed E-state index contributed by atoms with van der Waals surface area (Å²) in [7, 11) is 0. The van der Waals surface area contributed by atoms with E-state index in [1.54, 1.807) is 0 Å². The van der Waals surface area contributed by atoms with Gasteiger partial charge in [-0.05, 0) is 24.3 Å². The Morgan fingerprint density at radius 2 is 2.14 bits per heavy atom. The highest BCUT2D eigenvalue weighted by atomic mass is 35.5. The second-order valence-corrected chi connectivity index (χ2v) is 7.73. The number of benzene rings is 1. The van der Waals surface area contributed by atoms with Crippen LogP contribution in [0.1, 0.15) is 33.1 Å². The summed E-state index contributed by atoms with van der Waals surface area (Å²) in [5, 5.41) is 10.8. The van der Waals surface area contributed by atoms with Gasteiger partial charge in [0.2, 0.25) is 5.91 Å². The van der Waals surface area contributed by atoms with Crippen molar-refractivity contribution in [3.05, 3.63) is 38.9 Å². The van der Waals surface area contributed by atoms with Crippen molar-refractivity contribution in [1.82, 2.24) is 9.47 Å². The van der Waals surface area contributed by atoms with E-state index in [1.165, 1.54) is 22.8 Å². The number of fused-ring (bicyclic) bond motifs is 1. The zero-order valence-electron chi connectivity index (χ0n) is 15.9. The average Bonchev–Trinajstić information content (AvgIpc) is 2.91. The van der Waals surface area contributed by atoms with Crippen molar-refractivity contribution in [2.45, 2.75) is 45.7 Å². The van der Waals surface area contributed by atoms with Crippen LogP contribution in [0.2, 0.25) is 0 Å². The number of amides is 1. The molecule has 1 amide bonds. The molecule has 1 saturated heterocycles. The maximum Gasteiger partial charge on any atom is 0.419 e. The monoisotopic (exact) mass is 412 g/mol. The lowest BCUT2D eigenvalue weighted by molar-refractivity contribution is -0.384. The zero-order valence-corrected chi connectivity index (χ0v) is 16.7. The molecule has 0 spiro atoms. The first kappa shape index (κ1) is 21.9.